The van der Waals surface area contributed by atoms with Crippen LogP contribution in [0.3, 0.4) is 0 Å². The van der Waals surface area contributed by atoms with E-state index in [4.69, 9.17) is 0 Å². The fourth-order valence-electron chi connectivity index (χ4n) is 3.02. The number of likely N-dealkylation sites (N-methyl/N-ethyl adjacent to an activating group) is 1. The lowest BCUT2D eigenvalue weighted by molar-refractivity contribution is -0.126. The van der Waals surface area contributed by atoms with Gasteiger partial charge in [-0.05, 0) is 31.5 Å². The Morgan fingerprint density at radius 3 is 2.85 bits per heavy atom. The number of carbonyl (C=O) groups excluding carboxylic acids is 2. The molecule has 2 aliphatic heterocycles. The van der Waals surface area contributed by atoms with E-state index in [1.807, 2.05) is 26.0 Å². The number of benzene rings is 1. The number of hydrogen-bond donors (Lipinski definition) is 1. The maximum atomic E-state index is 12.6. The van der Waals surface area contributed by atoms with Crippen molar-refractivity contribution in [3.8, 4) is 0 Å². The van der Waals surface area contributed by atoms with Crippen molar-refractivity contribution in [2.75, 3.05) is 29.4 Å². The Hall–Kier alpha value is -1.40. The number of anilines is 2. The van der Waals surface area contributed by atoms with Gasteiger partial charge in [0.15, 0.2) is 0 Å². The van der Waals surface area contributed by atoms with Crippen molar-refractivity contribution in [1.29, 1.82) is 0 Å². The highest BCUT2D eigenvalue weighted by atomic mass is 79.9. The van der Waals surface area contributed by atoms with E-state index in [-0.39, 0.29) is 18.4 Å². The summed E-state index contributed by atoms with van der Waals surface area (Å²) in [6, 6.07) is 3.47. The van der Waals surface area contributed by atoms with Gasteiger partial charge in [-0.15, -0.1) is 0 Å². The molecule has 1 aromatic carbocycles. The number of carbonyl (C=O) groups is 2. The van der Waals surface area contributed by atoms with E-state index in [2.05, 4.69) is 21.2 Å². The van der Waals surface area contributed by atoms with Gasteiger partial charge in [0, 0.05) is 17.6 Å². The third-order valence-corrected chi connectivity index (χ3v) is 4.29. The average Bonchev–Trinajstić information content (AvgIpc) is 2.40. The summed E-state index contributed by atoms with van der Waals surface area (Å²) in [6.45, 7) is 5.31. The third kappa shape index (κ3) is 1.86. The first-order valence-electron chi connectivity index (χ1n) is 6.69. The van der Waals surface area contributed by atoms with Gasteiger partial charge >= 0.3 is 0 Å². The Bertz CT molecular complexity index is 602. The Labute approximate surface area is 126 Å². The van der Waals surface area contributed by atoms with Crippen LogP contribution in [0.25, 0.3) is 0 Å². The molecule has 1 saturated heterocycles. The van der Waals surface area contributed by atoms with Gasteiger partial charge in [-0.2, -0.15) is 0 Å². The summed E-state index contributed by atoms with van der Waals surface area (Å²) in [4.78, 5) is 28.3. The van der Waals surface area contributed by atoms with Gasteiger partial charge in [0.1, 0.15) is 6.04 Å². The molecule has 106 valence electrons. The van der Waals surface area contributed by atoms with Crippen LogP contribution in [0.15, 0.2) is 16.6 Å². The molecular weight excluding hydrogens is 322 g/mol. The van der Waals surface area contributed by atoms with Crippen molar-refractivity contribution in [2.24, 2.45) is 0 Å². The maximum Gasteiger partial charge on any atom is 0.251 e. The van der Waals surface area contributed by atoms with Gasteiger partial charge in [0.2, 0.25) is 5.91 Å². The smallest absolute Gasteiger partial charge is 0.251 e. The topological polar surface area (TPSA) is 52.7 Å². The van der Waals surface area contributed by atoms with Crippen molar-refractivity contribution in [2.45, 2.75) is 19.9 Å². The number of fused-ring (bicyclic) bond motifs is 3. The summed E-state index contributed by atoms with van der Waals surface area (Å²) in [5, 5.41) is 3.02. The molecule has 6 heteroatoms. The minimum absolute atomic E-state index is 0.00836. The lowest BCUT2D eigenvalue weighted by atomic mass is 10.0. The Kier molecular flexibility index (Phi) is 3.30. The second-order valence-corrected chi connectivity index (χ2v) is 6.00. The van der Waals surface area contributed by atoms with E-state index in [1.54, 1.807) is 9.80 Å². The van der Waals surface area contributed by atoms with Crippen LogP contribution in [-0.2, 0) is 9.59 Å². The van der Waals surface area contributed by atoms with Gasteiger partial charge in [-0.1, -0.05) is 15.9 Å². The zero-order valence-electron chi connectivity index (χ0n) is 11.4. The third-order valence-electron chi connectivity index (χ3n) is 3.84. The van der Waals surface area contributed by atoms with Crippen molar-refractivity contribution in [3.05, 3.63) is 22.2 Å². The standard InChI is InChI=1S/C14H16BrN3O2/c1-3-17-13-8(2)4-9(15)5-10(13)18-11(14(17)20)6-16-7-12(18)19/h4-5,11,16H,3,6-7H2,1-2H3. The molecule has 2 heterocycles. The Morgan fingerprint density at radius 2 is 2.15 bits per heavy atom. The molecule has 0 bridgehead atoms. The second-order valence-electron chi connectivity index (χ2n) is 5.08. The van der Waals surface area contributed by atoms with Crippen molar-refractivity contribution in [1.82, 2.24) is 5.32 Å². The maximum absolute atomic E-state index is 12.6. The zero-order valence-corrected chi connectivity index (χ0v) is 13.0. The quantitative estimate of drug-likeness (QED) is 0.843. The molecule has 1 N–H and O–H groups in total. The van der Waals surface area contributed by atoms with E-state index in [1.165, 1.54) is 0 Å². The molecule has 5 nitrogen and oxygen atoms in total. The van der Waals surface area contributed by atoms with E-state index in [0.717, 1.165) is 21.4 Å². The lowest BCUT2D eigenvalue weighted by Gasteiger charge is -2.44. The van der Waals surface area contributed by atoms with Gasteiger partial charge in [0.05, 0.1) is 17.9 Å². The largest absolute Gasteiger partial charge is 0.309 e. The molecule has 1 fully saturated rings. The molecule has 0 aromatic heterocycles. The highest BCUT2D eigenvalue weighted by Gasteiger charge is 2.43. The first kappa shape index (κ1) is 13.6. The number of aryl methyl sites for hydroxylation is 1. The number of nitrogens with zero attached hydrogens (tertiary/aromatic N) is 2. The molecule has 1 atom stereocenters. The molecule has 1 aromatic rings. The number of nitrogens with one attached hydrogen (secondary N) is 1. The molecule has 20 heavy (non-hydrogen) atoms. The summed E-state index contributed by atoms with van der Waals surface area (Å²) in [6.07, 6.45) is 0. The summed E-state index contributed by atoms with van der Waals surface area (Å²) < 4.78 is 0.921. The van der Waals surface area contributed by atoms with Crippen molar-refractivity contribution in [3.63, 3.8) is 0 Å². The normalized spacial score (nSPS) is 21.9. The molecule has 0 radical (unpaired) electrons. The van der Waals surface area contributed by atoms with E-state index < -0.39 is 6.04 Å². The van der Waals surface area contributed by atoms with E-state index in [9.17, 15) is 9.59 Å². The molecule has 2 amide bonds. The van der Waals surface area contributed by atoms with E-state index >= 15 is 0 Å². The lowest BCUT2D eigenvalue weighted by Crippen LogP contribution is -2.64. The molecule has 3 rings (SSSR count). The van der Waals surface area contributed by atoms with Crippen LogP contribution in [0.2, 0.25) is 0 Å². The predicted molar refractivity (Wildman–Crippen MR) is 81.0 cm³/mol. The van der Waals surface area contributed by atoms with Gasteiger partial charge < -0.3 is 10.2 Å². The highest BCUT2D eigenvalue weighted by Crippen LogP contribution is 2.41. The summed E-state index contributed by atoms with van der Waals surface area (Å²) in [7, 11) is 0. The van der Waals surface area contributed by atoms with Crippen LogP contribution < -0.4 is 15.1 Å². The van der Waals surface area contributed by atoms with Crippen LogP contribution >= 0.6 is 15.9 Å². The first-order chi connectivity index (χ1) is 9.54. The van der Waals surface area contributed by atoms with Crippen LogP contribution in [0, 0.1) is 6.92 Å². The van der Waals surface area contributed by atoms with Crippen LogP contribution in [0.4, 0.5) is 11.4 Å². The SMILES string of the molecule is CCN1C(=O)C2CNCC(=O)N2c2cc(Br)cc(C)c21. The fraction of sp³-hybridized carbons (Fsp3) is 0.429. The second kappa shape index (κ2) is 4.86. The minimum atomic E-state index is -0.433. The number of hydrogen-bond acceptors (Lipinski definition) is 3. The predicted octanol–water partition coefficient (Wildman–Crippen LogP) is 1.43. The molecule has 0 spiro atoms. The summed E-state index contributed by atoms with van der Waals surface area (Å²) >= 11 is 3.48. The summed E-state index contributed by atoms with van der Waals surface area (Å²) in [5.74, 6) is -0.0601. The number of rotatable bonds is 1. The highest BCUT2D eigenvalue weighted by molar-refractivity contribution is 9.10. The Balaban J connectivity index is 2.24. The van der Waals surface area contributed by atoms with E-state index in [0.29, 0.717) is 13.1 Å². The van der Waals surface area contributed by atoms with Gasteiger partial charge in [-0.25, -0.2) is 0 Å². The number of piperazine rings is 1. The molecule has 0 aliphatic carbocycles. The molecule has 0 saturated carbocycles. The van der Waals surface area contributed by atoms with Crippen LogP contribution in [0.5, 0.6) is 0 Å². The zero-order chi connectivity index (χ0) is 14.4. The number of halogens is 1. The molecule has 1 unspecified atom stereocenters. The van der Waals surface area contributed by atoms with Crippen LogP contribution in [0.1, 0.15) is 12.5 Å². The summed E-state index contributed by atoms with van der Waals surface area (Å²) in [5.41, 5.74) is 2.68. The fourth-order valence-corrected chi connectivity index (χ4v) is 3.58. The van der Waals surface area contributed by atoms with Gasteiger partial charge in [-0.3, -0.25) is 14.5 Å². The Morgan fingerprint density at radius 1 is 1.40 bits per heavy atom. The number of amides is 2. The average molecular weight is 338 g/mol. The van der Waals surface area contributed by atoms with Crippen LogP contribution in [-0.4, -0.2) is 37.5 Å². The van der Waals surface area contributed by atoms with Crippen molar-refractivity contribution < 1.29 is 9.59 Å². The molecular formula is C14H16BrN3O2. The van der Waals surface area contributed by atoms with Crippen molar-refractivity contribution >= 4 is 39.1 Å². The molecule has 2 aliphatic rings. The first-order valence-corrected chi connectivity index (χ1v) is 7.48. The monoisotopic (exact) mass is 337 g/mol. The minimum Gasteiger partial charge on any atom is -0.309 e. The van der Waals surface area contributed by atoms with Gasteiger partial charge in [0.25, 0.3) is 5.91 Å².